The fourth-order valence-corrected chi connectivity index (χ4v) is 7.78. The summed E-state index contributed by atoms with van der Waals surface area (Å²) < 4.78 is 1.15. The van der Waals surface area contributed by atoms with Crippen LogP contribution in [0.1, 0.15) is 90.9 Å². The van der Waals surface area contributed by atoms with Crippen molar-refractivity contribution >= 4 is 68.2 Å². The fourth-order valence-electron chi connectivity index (χ4n) is 7.42. The lowest BCUT2D eigenvalue weighted by Crippen LogP contribution is -2.27. The second-order valence-corrected chi connectivity index (χ2v) is 13.8. The first kappa shape index (κ1) is 36.6. The number of non-ortho nitro benzene ring substituents is 1. The summed E-state index contributed by atoms with van der Waals surface area (Å²) in [4.78, 5) is 17.9. The summed E-state index contributed by atoms with van der Waals surface area (Å²) in [6.07, 6.45) is 5.43. The van der Waals surface area contributed by atoms with Gasteiger partial charge in [0.1, 0.15) is 0 Å². The molecule has 8 rings (SSSR count). The number of nitrogens with one attached hydrogen (secondary N) is 4. The normalized spacial score (nSPS) is 17.5. The summed E-state index contributed by atoms with van der Waals surface area (Å²) in [5.74, 6) is 0. The van der Waals surface area contributed by atoms with E-state index in [1.54, 1.807) is 12.1 Å². The van der Waals surface area contributed by atoms with Crippen molar-refractivity contribution in [2.75, 3.05) is 0 Å². The van der Waals surface area contributed by atoms with Crippen LogP contribution in [0.15, 0.2) is 102 Å². The number of hydrogen-bond donors (Lipinski definition) is 4. The molecular formula is C39H42BrCl2N5O2. The standard InChI is InChI=1S/C20H21N3O2.C19H19BrN2.2ClH/c1-13(14-6-3-2-4-7-14)21-19-9-5-8-16-17-12-15(23(24)25)10-11-18(17)22-20(16)19;1-12(13-5-3-2-4-6-13)21-18-10-8-15-16-11-14(20)7-9-17(16)22-19(15)18;;/h2-4,6-7,10-13,19,21-22H,5,8-9H2,1H3;2-7,9,11-12,18,21-22H,8,10H2,1H3;2*1H/t13-,19?;12-,18-;;/m11../s1. The molecule has 49 heavy (non-hydrogen) atoms. The van der Waals surface area contributed by atoms with Crippen LogP contribution in [0.25, 0.3) is 21.8 Å². The van der Waals surface area contributed by atoms with Crippen molar-refractivity contribution in [3.05, 3.63) is 145 Å². The third-order valence-electron chi connectivity index (χ3n) is 9.84. The van der Waals surface area contributed by atoms with Gasteiger partial charge in [0, 0.05) is 74.0 Å². The first-order chi connectivity index (χ1) is 22.9. The molecule has 2 aliphatic carbocycles. The largest absolute Gasteiger partial charge is 0.357 e. The van der Waals surface area contributed by atoms with E-state index in [0.29, 0.717) is 12.1 Å². The van der Waals surface area contributed by atoms with E-state index in [4.69, 9.17) is 0 Å². The summed E-state index contributed by atoms with van der Waals surface area (Å²) in [5.41, 5.74) is 10.2. The van der Waals surface area contributed by atoms with E-state index < -0.39 is 0 Å². The molecule has 10 heteroatoms. The van der Waals surface area contributed by atoms with E-state index in [9.17, 15) is 10.1 Å². The van der Waals surface area contributed by atoms with Gasteiger partial charge in [-0.25, -0.2) is 0 Å². The summed E-state index contributed by atoms with van der Waals surface area (Å²) in [5, 5.41) is 20.9. The zero-order chi connectivity index (χ0) is 32.5. The molecule has 4 atom stereocenters. The molecule has 0 fully saturated rings. The average Bonchev–Trinajstić information content (AvgIpc) is 3.78. The van der Waals surface area contributed by atoms with E-state index in [0.717, 1.165) is 41.1 Å². The van der Waals surface area contributed by atoms with Crippen LogP contribution in [0.3, 0.4) is 0 Å². The van der Waals surface area contributed by atoms with Gasteiger partial charge in [-0.05, 0) is 92.5 Å². The maximum Gasteiger partial charge on any atom is 0.270 e. The van der Waals surface area contributed by atoms with Gasteiger partial charge in [-0.2, -0.15) is 0 Å². The highest BCUT2D eigenvalue weighted by Gasteiger charge is 2.28. The second-order valence-electron chi connectivity index (χ2n) is 12.8. The molecule has 2 aromatic heterocycles. The molecule has 4 aromatic carbocycles. The van der Waals surface area contributed by atoms with E-state index in [-0.39, 0.29) is 47.5 Å². The van der Waals surface area contributed by atoms with Gasteiger partial charge in [-0.15, -0.1) is 24.8 Å². The Morgan fingerprint density at radius 1 is 0.714 bits per heavy atom. The van der Waals surface area contributed by atoms with Gasteiger partial charge < -0.3 is 20.6 Å². The molecule has 6 aromatic rings. The van der Waals surface area contributed by atoms with E-state index in [1.807, 2.05) is 12.1 Å². The quantitative estimate of drug-likeness (QED) is 0.0961. The van der Waals surface area contributed by atoms with Crippen LogP contribution in [-0.2, 0) is 12.8 Å². The first-order valence-corrected chi connectivity index (χ1v) is 17.4. The van der Waals surface area contributed by atoms with Gasteiger partial charge >= 0.3 is 0 Å². The number of aryl methyl sites for hydroxylation is 2. The van der Waals surface area contributed by atoms with Gasteiger partial charge in [0.2, 0.25) is 0 Å². The van der Waals surface area contributed by atoms with Crippen molar-refractivity contribution in [3.63, 3.8) is 0 Å². The molecular weight excluding hydrogens is 721 g/mol. The molecule has 4 N–H and O–H groups in total. The maximum absolute atomic E-state index is 11.1. The van der Waals surface area contributed by atoms with Gasteiger partial charge in [0.05, 0.1) is 4.92 Å². The number of nitrogens with zero attached hydrogens (tertiary/aromatic N) is 1. The Bertz CT molecular complexity index is 2030. The molecule has 0 saturated carbocycles. The zero-order valence-corrected chi connectivity index (χ0v) is 30.8. The molecule has 0 aliphatic heterocycles. The number of fused-ring (bicyclic) bond motifs is 6. The monoisotopic (exact) mass is 761 g/mol. The molecule has 1 unspecified atom stereocenters. The van der Waals surface area contributed by atoms with Crippen molar-refractivity contribution in [3.8, 4) is 0 Å². The van der Waals surface area contributed by atoms with Crippen LogP contribution in [0.4, 0.5) is 5.69 Å². The van der Waals surface area contributed by atoms with Crippen molar-refractivity contribution < 1.29 is 4.92 Å². The summed E-state index contributed by atoms with van der Waals surface area (Å²) in [6, 6.07) is 33.9. The lowest BCUT2D eigenvalue weighted by Gasteiger charge is -2.27. The number of rotatable bonds is 7. The Kier molecular flexibility index (Phi) is 11.9. The third kappa shape index (κ3) is 7.74. The predicted molar refractivity (Wildman–Crippen MR) is 208 cm³/mol. The minimum Gasteiger partial charge on any atom is -0.357 e. The number of aromatic nitrogens is 2. The number of halogens is 3. The predicted octanol–water partition coefficient (Wildman–Crippen LogP) is 10.9. The molecule has 2 heterocycles. The van der Waals surface area contributed by atoms with Gasteiger partial charge in [-0.1, -0.05) is 76.6 Å². The highest BCUT2D eigenvalue weighted by molar-refractivity contribution is 9.10. The lowest BCUT2D eigenvalue weighted by molar-refractivity contribution is -0.384. The second kappa shape index (κ2) is 15.9. The minimum atomic E-state index is -0.325. The van der Waals surface area contributed by atoms with E-state index >= 15 is 0 Å². The fraction of sp³-hybridized carbons (Fsp3) is 0.282. The van der Waals surface area contributed by atoms with Crippen LogP contribution in [0, 0.1) is 10.1 Å². The molecule has 0 spiro atoms. The molecule has 7 nitrogen and oxygen atoms in total. The number of nitro benzene ring substituents is 1. The SMILES string of the molecule is C[C@@H](NC1CCCc2c1[nH]c1ccc([N+](=O)[O-])cc21)c1ccccc1.C[C@@H](N[C@@H]1CCc2c1[nH]c1ccc(Br)cc21)c1ccccc1.Cl.Cl. The van der Waals surface area contributed by atoms with Crippen molar-refractivity contribution in [1.82, 2.24) is 20.6 Å². The molecule has 0 radical (unpaired) electrons. The topological polar surface area (TPSA) is 98.8 Å². The smallest absolute Gasteiger partial charge is 0.270 e. The Morgan fingerprint density at radius 3 is 1.80 bits per heavy atom. The van der Waals surface area contributed by atoms with Crippen LogP contribution >= 0.6 is 40.7 Å². The van der Waals surface area contributed by atoms with E-state index in [2.05, 4.69) is 123 Å². The number of hydrogen-bond acceptors (Lipinski definition) is 4. The molecule has 2 aliphatic rings. The number of H-pyrrole nitrogens is 2. The number of benzene rings is 4. The van der Waals surface area contributed by atoms with Crippen LogP contribution in [0.2, 0.25) is 0 Å². The highest BCUT2D eigenvalue weighted by atomic mass is 79.9. The van der Waals surface area contributed by atoms with E-state index in [1.165, 1.54) is 51.0 Å². The molecule has 256 valence electrons. The third-order valence-corrected chi connectivity index (χ3v) is 10.3. The Hall–Kier alpha value is -3.66. The van der Waals surface area contributed by atoms with Crippen LogP contribution in [-0.4, -0.2) is 14.9 Å². The minimum absolute atomic E-state index is 0. The highest BCUT2D eigenvalue weighted by Crippen LogP contribution is 2.39. The Labute approximate surface area is 307 Å². The Balaban J connectivity index is 0.000000185. The zero-order valence-electron chi connectivity index (χ0n) is 27.5. The summed E-state index contributed by atoms with van der Waals surface area (Å²) in [7, 11) is 0. The molecule has 0 saturated heterocycles. The Morgan fingerprint density at radius 2 is 1.22 bits per heavy atom. The van der Waals surface area contributed by atoms with Crippen LogP contribution < -0.4 is 10.6 Å². The van der Waals surface area contributed by atoms with Crippen molar-refractivity contribution in [1.29, 1.82) is 0 Å². The van der Waals surface area contributed by atoms with Crippen molar-refractivity contribution in [2.24, 2.45) is 0 Å². The summed E-state index contributed by atoms with van der Waals surface area (Å²) in [6.45, 7) is 4.42. The maximum atomic E-state index is 11.1. The lowest BCUT2D eigenvalue weighted by atomic mass is 9.91. The summed E-state index contributed by atoms with van der Waals surface area (Å²) >= 11 is 3.58. The van der Waals surface area contributed by atoms with Gasteiger partial charge in [0.15, 0.2) is 0 Å². The number of nitro groups is 1. The van der Waals surface area contributed by atoms with Crippen LogP contribution in [0.5, 0.6) is 0 Å². The molecule has 0 amide bonds. The number of aromatic amines is 2. The first-order valence-electron chi connectivity index (χ1n) is 16.6. The van der Waals surface area contributed by atoms with Crippen molar-refractivity contribution in [2.45, 2.75) is 70.1 Å². The average molecular weight is 764 g/mol. The van der Waals surface area contributed by atoms with Gasteiger partial charge in [-0.3, -0.25) is 10.1 Å². The van der Waals surface area contributed by atoms with Gasteiger partial charge in [0.25, 0.3) is 5.69 Å². The molecule has 0 bridgehead atoms.